The Kier molecular flexibility index (Phi) is 2.61. The van der Waals surface area contributed by atoms with Crippen LogP contribution in [0.15, 0.2) is 0 Å². The van der Waals surface area contributed by atoms with Crippen LogP contribution in [0.2, 0.25) is 0 Å². The minimum absolute atomic E-state index is 0.0287. The van der Waals surface area contributed by atoms with Crippen LogP contribution in [0.4, 0.5) is 0 Å². The Morgan fingerprint density at radius 2 is 2.28 bits per heavy atom. The average Bonchev–Trinajstić information content (AvgIpc) is 2.99. The van der Waals surface area contributed by atoms with Crippen LogP contribution in [0, 0.1) is 22.7 Å². The first-order valence-corrected chi connectivity index (χ1v) is 6.71. The fraction of sp³-hybridized carbons (Fsp3) is 0.846. The molecule has 98 valence electrons. The second kappa shape index (κ2) is 3.94. The van der Waals surface area contributed by atoms with E-state index in [9.17, 15) is 9.90 Å². The van der Waals surface area contributed by atoms with Gasteiger partial charge in [-0.2, -0.15) is 5.26 Å². The Hall–Kier alpha value is -1.12. The lowest BCUT2D eigenvalue weighted by atomic mass is 9.64. The molecule has 3 N–H and O–H groups in total. The van der Waals surface area contributed by atoms with Crippen LogP contribution in [-0.4, -0.2) is 40.6 Å². The highest BCUT2D eigenvalue weighted by Crippen LogP contribution is 2.49. The summed E-state index contributed by atoms with van der Waals surface area (Å²) in [6.45, 7) is -0.0287. The number of piperidine rings is 1. The first kappa shape index (κ1) is 11.9. The summed E-state index contributed by atoms with van der Waals surface area (Å²) < 4.78 is 0. The first-order chi connectivity index (χ1) is 8.63. The molecule has 1 unspecified atom stereocenters. The van der Waals surface area contributed by atoms with Crippen LogP contribution in [0.1, 0.15) is 32.1 Å². The van der Waals surface area contributed by atoms with Crippen molar-refractivity contribution in [2.75, 3.05) is 6.61 Å². The standard InChI is InChI=1S/C13H19N3O2/c14-6-9-4-8-5-10(8)16(9)12(18)11(15)13(7-17)2-1-3-13/h8-11,17H,1-5,7,15H2/t8?,9-,10-,11+/m0/s1. The van der Waals surface area contributed by atoms with Crippen molar-refractivity contribution in [1.82, 2.24) is 4.90 Å². The molecule has 1 heterocycles. The van der Waals surface area contributed by atoms with Gasteiger partial charge in [-0.1, -0.05) is 6.42 Å². The molecule has 2 saturated carbocycles. The molecular formula is C13H19N3O2. The topological polar surface area (TPSA) is 90.4 Å². The van der Waals surface area contributed by atoms with Crippen molar-refractivity contribution in [2.24, 2.45) is 17.1 Å². The molecule has 18 heavy (non-hydrogen) atoms. The SMILES string of the molecule is N#C[C@@H]1CC2C[C@@H]2N1C(=O)[C@@H](N)C1(CO)CCC1. The van der Waals surface area contributed by atoms with E-state index in [0.29, 0.717) is 5.92 Å². The monoisotopic (exact) mass is 249 g/mol. The molecule has 4 atom stereocenters. The number of hydrogen-bond acceptors (Lipinski definition) is 4. The predicted octanol–water partition coefficient (Wildman–Crippen LogP) is -0.0107. The van der Waals surface area contributed by atoms with E-state index >= 15 is 0 Å². The maximum Gasteiger partial charge on any atom is 0.241 e. The van der Waals surface area contributed by atoms with Crippen molar-refractivity contribution in [3.05, 3.63) is 0 Å². The summed E-state index contributed by atoms with van der Waals surface area (Å²) in [6, 6.07) is 1.49. The van der Waals surface area contributed by atoms with Gasteiger partial charge in [-0.15, -0.1) is 0 Å². The molecule has 0 spiro atoms. The number of aliphatic hydroxyl groups is 1. The highest BCUT2D eigenvalue weighted by Gasteiger charge is 2.57. The first-order valence-electron chi connectivity index (χ1n) is 6.71. The van der Waals surface area contributed by atoms with Crippen molar-refractivity contribution < 1.29 is 9.90 Å². The zero-order valence-corrected chi connectivity index (χ0v) is 10.4. The molecule has 3 fully saturated rings. The number of likely N-dealkylation sites (tertiary alicyclic amines) is 1. The number of rotatable bonds is 3. The van der Waals surface area contributed by atoms with Gasteiger partial charge in [-0.05, 0) is 31.6 Å². The molecule has 1 saturated heterocycles. The molecule has 0 aromatic rings. The Morgan fingerprint density at radius 3 is 2.78 bits per heavy atom. The summed E-state index contributed by atoms with van der Waals surface area (Å²) >= 11 is 0. The van der Waals surface area contributed by atoms with E-state index in [1.807, 2.05) is 0 Å². The fourth-order valence-corrected chi connectivity index (χ4v) is 3.51. The number of carbonyl (C=O) groups excluding carboxylic acids is 1. The Morgan fingerprint density at radius 1 is 1.56 bits per heavy atom. The third-order valence-corrected chi connectivity index (χ3v) is 5.10. The number of nitrogens with zero attached hydrogens (tertiary/aromatic N) is 2. The lowest BCUT2D eigenvalue weighted by molar-refractivity contribution is -0.140. The van der Waals surface area contributed by atoms with E-state index in [1.165, 1.54) is 0 Å². The molecule has 3 rings (SSSR count). The molecule has 0 radical (unpaired) electrons. The number of amides is 1. The summed E-state index contributed by atoms with van der Waals surface area (Å²) in [5.41, 5.74) is 5.66. The van der Waals surface area contributed by atoms with Crippen molar-refractivity contribution in [3.8, 4) is 6.07 Å². The number of nitriles is 1. The van der Waals surface area contributed by atoms with Gasteiger partial charge in [0.1, 0.15) is 6.04 Å². The van der Waals surface area contributed by atoms with Gasteiger partial charge in [0.15, 0.2) is 0 Å². The highest BCUT2D eigenvalue weighted by molar-refractivity contribution is 5.84. The third-order valence-electron chi connectivity index (χ3n) is 5.10. The second-order valence-electron chi connectivity index (χ2n) is 6.04. The minimum atomic E-state index is -0.647. The van der Waals surface area contributed by atoms with Gasteiger partial charge in [0, 0.05) is 11.5 Å². The summed E-state index contributed by atoms with van der Waals surface area (Å²) in [7, 11) is 0. The summed E-state index contributed by atoms with van der Waals surface area (Å²) in [5, 5.41) is 18.6. The Balaban J connectivity index is 1.76. The molecular weight excluding hydrogens is 230 g/mol. The van der Waals surface area contributed by atoms with Crippen LogP contribution >= 0.6 is 0 Å². The molecule has 5 nitrogen and oxygen atoms in total. The zero-order chi connectivity index (χ0) is 12.9. The van der Waals surface area contributed by atoms with Crippen LogP contribution in [0.3, 0.4) is 0 Å². The molecule has 2 aliphatic carbocycles. The van der Waals surface area contributed by atoms with Crippen LogP contribution in [0.25, 0.3) is 0 Å². The van der Waals surface area contributed by atoms with Crippen molar-refractivity contribution in [1.29, 1.82) is 5.26 Å². The maximum absolute atomic E-state index is 12.5. The van der Waals surface area contributed by atoms with E-state index in [0.717, 1.165) is 32.1 Å². The highest BCUT2D eigenvalue weighted by atomic mass is 16.3. The van der Waals surface area contributed by atoms with Crippen molar-refractivity contribution >= 4 is 5.91 Å². The number of carbonyl (C=O) groups is 1. The summed E-state index contributed by atoms with van der Waals surface area (Å²) in [6.07, 6.45) is 4.47. The molecule has 0 aromatic carbocycles. The van der Waals surface area contributed by atoms with Gasteiger partial charge in [-0.25, -0.2) is 0 Å². The lowest BCUT2D eigenvalue weighted by Gasteiger charge is -2.45. The van der Waals surface area contributed by atoms with E-state index < -0.39 is 11.5 Å². The normalized spacial score (nSPS) is 37.4. The van der Waals surface area contributed by atoms with Crippen LogP contribution < -0.4 is 5.73 Å². The van der Waals surface area contributed by atoms with Crippen LogP contribution in [0.5, 0.6) is 0 Å². The van der Waals surface area contributed by atoms with E-state index in [-0.39, 0.29) is 24.6 Å². The zero-order valence-electron chi connectivity index (χ0n) is 10.4. The Labute approximate surface area is 107 Å². The van der Waals surface area contributed by atoms with Gasteiger partial charge in [0.25, 0.3) is 0 Å². The van der Waals surface area contributed by atoms with Crippen LogP contribution in [-0.2, 0) is 4.79 Å². The number of hydrogen-bond donors (Lipinski definition) is 2. The molecule has 3 aliphatic rings. The molecule has 5 heteroatoms. The number of nitrogens with two attached hydrogens (primary N) is 1. The third kappa shape index (κ3) is 1.49. The van der Waals surface area contributed by atoms with E-state index in [2.05, 4.69) is 6.07 Å². The predicted molar refractivity (Wildman–Crippen MR) is 64.1 cm³/mol. The quantitative estimate of drug-likeness (QED) is 0.736. The molecule has 1 amide bonds. The summed E-state index contributed by atoms with van der Waals surface area (Å²) in [4.78, 5) is 14.2. The molecule has 0 bridgehead atoms. The largest absolute Gasteiger partial charge is 0.396 e. The number of aliphatic hydroxyl groups excluding tert-OH is 1. The van der Waals surface area contributed by atoms with Crippen molar-refractivity contribution in [3.63, 3.8) is 0 Å². The van der Waals surface area contributed by atoms with E-state index in [4.69, 9.17) is 11.0 Å². The maximum atomic E-state index is 12.5. The van der Waals surface area contributed by atoms with Gasteiger partial charge in [0.2, 0.25) is 5.91 Å². The lowest BCUT2D eigenvalue weighted by Crippen LogP contribution is -2.59. The van der Waals surface area contributed by atoms with Gasteiger partial charge in [-0.3, -0.25) is 4.79 Å². The second-order valence-corrected chi connectivity index (χ2v) is 6.04. The van der Waals surface area contributed by atoms with Gasteiger partial charge in [0.05, 0.1) is 18.7 Å². The van der Waals surface area contributed by atoms with E-state index in [1.54, 1.807) is 4.90 Å². The summed E-state index contributed by atoms with van der Waals surface area (Å²) in [5.74, 6) is 0.387. The smallest absolute Gasteiger partial charge is 0.241 e. The molecule has 1 aliphatic heterocycles. The van der Waals surface area contributed by atoms with Crippen molar-refractivity contribution in [2.45, 2.75) is 50.2 Å². The minimum Gasteiger partial charge on any atom is -0.396 e. The van der Waals surface area contributed by atoms with Gasteiger partial charge < -0.3 is 15.7 Å². The average molecular weight is 249 g/mol. The fourth-order valence-electron chi connectivity index (χ4n) is 3.51. The number of fused-ring (bicyclic) bond motifs is 1. The van der Waals surface area contributed by atoms with Gasteiger partial charge >= 0.3 is 0 Å². The Bertz CT molecular complexity index is 407. The molecule has 0 aromatic heterocycles.